The minimum atomic E-state index is -0.311. The summed E-state index contributed by atoms with van der Waals surface area (Å²) in [6, 6.07) is -0.311. The first kappa shape index (κ1) is 16.8. The molecule has 20 heavy (non-hydrogen) atoms. The van der Waals surface area contributed by atoms with E-state index < -0.39 is 0 Å². The van der Waals surface area contributed by atoms with Crippen molar-refractivity contribution in [1.29, 1.82) is 0 Å². The number of hydrogen-bond acceptors (Lipinski definition) is 3. The Labute approximate surface area is 121 Å². The average Bonchev–Trinajstić information content (AvgIpc) is 2.46. The number of urea groups is 1. The topological polar surface area (TPSA) is 79.5 Å². The van der Waals surface area contributed by atoms with E-state index in [1.54, 1.807) is 0 Å². The van der Waals surface area contributed by atoms with Gasteiger partial charge in [0, 0.05) is 19.7 Å². The van der Waals surface area contributed by atoms with Crippen LogP contribution >= 0.6 is 0 Å². The van der Waals surface area contributed by atoms with E-state index in [0.29, 0.717) is 25.8 Å². The van der Waals surface area contributed by atoms with E-state index in [9.17, 15) is 9.59 Å². The van der Waals surface area contributed by atoms with Crippen LogP contribution < -0.4 is 16.0 Å². The molecular weight excluding hydrogens is 258 g/mol. The molecule has 0 aromatic heterocycles. The maximum absolute atomic E-state index is 11.4. The molecule has 6 nitrogen and oxygen atoms in total. The van der Waals surface area contributed by atoms with Gasteiger partial charge in [0.1, 0.15) is 0 Å². The molecular formula is C14H27N3O3. The molecule has 1 fully saturated rings. The molecule has 3 N–H and O–H groups in total. The van der Waals surface area contributed by atoms with Gasteiger partial charge in [-0.2, -0.15) is 0 Å². The van der Waals surface area contributed by atoms with Crippen LogP contribution in [0.5, 0.6) is 0 Å². The van der Waals surface area contributed by atoms with Crippen molar-refractivity contribution in [3.63, 3.8) is 0 Å². The predicted molar refractivity (Wildman–Crippen MR) is 77.5 cm³/mol. The lowest BCUT2D eigenvalue weighted by Crippen LogP contribution is -2.42. The number of hydrogen-bond donors (Lipinski definition) is 3. The maximum atomic E-state index is 11.4. The first-order valence-electron chi connectivity index (χ1n) is 7.62. The molecule has 1 aliphatic carbocycles. The van der Waals surface area contributed by atoms with Crippen molar-refractivity contribution >= 4 is 11.9 Å². The summed E-state index contributed by atoms with van der Waals surface area (Å²) in [6.07, 6.45) is 7.41. The van der Waals surface area contributed by atoms with Crippen molar-refractivity contribution in [3.8, 4) is 0 Å². The summed E-state index contributed by atoms with van der Waals surface area (Å²) in [4.78, 5) is 22.5. The van der Waals surface area contributed by atoms with Gasteiger partial charge in [-0.1, -0.05) is 19.3 Å². The van der Waals surface area contributed by atoms with E-state index in [1.165, 1.54) is 32.1 Å². The minimum Gasteiger partial charge on any atom is -0.378 e. The van der Waals surface area contributed by atoms with E-state index >= 15 is 0 Å². The molecule has 1 aliphatic rings. The second kappa shape index (κ2) is 10.5. The third kappa shape index (κ3) is 7.99. The standard InChI is InChI=1S/C14H27N3O3/c1-2-15-13(18)11-17-14(19)16-9-6-10-20-12-7-4-3-5-8-12/h12H,2-11H2,1H3,(H,15,18)(H2,16,17,19). The van der Waals surface area contributed by atoms with E-state index in [4.69, 9.17) is 4.74 Å². The Bertz CT molecular complexity index is 291. The lowest BCUT2D eigenvalue weighted by Gasteiger charge is -2.21. The molecule has 0 unspecified atom stereocenters. The highest BCUT2D eigenvalue weighted by Crippen LogP contribution is 2.20. The van der Waals surface area contributed by atoms with Crippen molar-refractivity contribution in [2.75, 3.05) is 26.2 Å². The predicted octanol–water partition coefficient (Wildman–Crippen LogP) is 1.16. The summed E-state index contributed by atoms with van der Waals surface area (Å²) >= 11 is 0. The van der Waals surface area contributed by atoms with Crippen LogP contribution in [0.3, 0.4) is 0 Å². The fourth-order valence-electron chi connectivity index (χ4n) is 2.24. The molecule has 0 atom stereocenters. The lowest BCUT2D eigenvalue weighted by atomic mass is 9.98. The molecule has 0 aliphatic heterocycles. The Balaban J connectivity index is 1.92. The third-order valence-corrected chi connectivity index (χ3v) is 3.30. The second-order valence-electron chi connectivity index (χ2n) is 5.05. The molecule has 3 amide bonds. The van der Waals surface area contributed by atoms with Crippen molar-refractivity contribution in [3.05, 3.63) is 0 Å². The lowest BCUT2D eigenvalue weighted by molar-refractivity contribution is -0.119. The number of amides is 3. The van der Waals surface area contributed by atoms with Crippen LogP contribution in [0.1, 0.15) is 45.4 Å². The monoisotopic (exact) mass is 285 g/mol. The summed E-state index contributed by atoms with van der Waals surface area (Å²) in [6.45, 7) is 3.67. The fourth-order valence-corrected chi connectivity index (χ4v) is 2.24. The van der Waals surface area contributed by atoms with Crippen LogP contribution in [-0.2, 0) is 9.53 Å². The summed E-state index contributed by atoms with van der Waals surface area (Å²) in [5.74, 6) is -0.178. The number of carbonyl (C=O) groups is 2. The van der Waals surface area contributed by atoms with Crippen LogP contribution in [0.25, 0.3) is 0 Å². The summed E-state index contributed by atoms with van der Waals surface area (Å²) in [7, 11) is 0. The Morgan fingerprint density at radius 3 is 2.55 bits per heavy atom. The largest absolute Gasteiger partial charge is 0.378 e. The number of rotatable bonds is 8. The molecule has 116 valence electrons. The molecule has 0 radical (unpaired) electrons. The van der Waals surface area contributed by atoms with Crippen LogP contribution in [0.2, 0.25) is 0 Å². The van der Waals surface area contributed by atoms with Crippen LogP contribution in [0.4, 0.5) is 4.79 Å². The van der Waals surface area contributed by atoms with E-state index in [0.717, 1.165) is 6.42 Å². The van der Waals surface area contributed by atoms with Gasteiger partial charge in [0.2, 0.25) is 5.91 Å². The van der Waals surface area contributed by atoms with Gasteiger partial charge in [-0.15, -0.1) is 0 Å². The van der Waals surface area contributed by atoms with Crippen molar-refractivity contribution in [1.82, 2.24) is 16.0 Å². The molecule has 0 saturated heterocycles. The number of likely N-dealkylation sites (N-methyl/N-ethyl adjacent to an activating group) is 1. The average molecular weight is 285 g/mol. The van der Waals surface area contributed by atoms with Crippen molar-refractivity contribution in [2.24, 2.45) is 0 Å². The smallest absolute Gasteiger partial charge is 0.315 e. The molecule has 1 saturated carbocycles. The normalized spacial score (nSPS) is 15.7. The second-order valence-corrected chi connectivity index (χ2v) is 5.05. The highest BCUT2D eigenvalue weighted by atomic mass is 16.5. The first-order chi connectivity index (χ1) is 9.72. The Morgan fingerprint density at radius 2 is 1.85 bits per heavy atom. The van der Waals surface area contributed by atoms with Gasteiger partial charge in [-0.25, -0.2) is 4.79 Å². The van der Waals surface area contributed by atoms with Gasteiger partial charge in [-0.3, -0.25) is 4.79 Å². The van der Waals surface area contributed by atoms with Gasteiger partial charge in [-0.05, 0) is 26.2 Å². The van der Waals surface area contributed by atoms with Gasteiger partial charge in [0.15, 0.2) is 0 Å². The van der Waals surface area contributed by atoms with Gasteiger partial charge < -0.3 is 20.7 Å². The van der Waals surface area contributed by atoms with E-state index in [2.05, 4.69) is 16.0 Å². The van der Waals surface area contributed by atoms with Gasteiger partial charge >= 0.3 is 6.03 Å². The van der Waals surface area contributed by atoms with E-state index in [1.807, 2.05) is 6.92 Å². The quantitative estimate of drug-likeness (QED) is 0.586. The zero-order valence-electron chi connectivity index (χ0n) is 12.4. The van der Waals surface area contributed by atoms with Crippen molar-refractivity contribution < 1.29 is 14.3 Å². The van der Waals surface area contributed by atoms with Crippen LogP contribution in [0.15, 0.2) is 0 Å². The zero-order chi connectivity index (χ0) is 14.6. The third-order valence-electron chi connectivity index (χ3n) is 3.30. The maximum Gasteiger partial charge on any atom is 0.315 e. The molecule has 0 bridgehead atoms. The Hall–Kier alpha value is -1.30. The Morgan fingerprint density at radius 1 is 1.10 bits per heavy atom. The number of ether oxygens (including phenoxy) is 1. The van der Waals surface area contributed by atoms with Crippen molar-refractivity contribution in [2.45, 2.75) is 51.6 Å². The molecule has 6 heteroatoms. The zero-order valence-corrected chi connectivity index (χ0v) is 12.4. The summed E-state index contributed by atoms with van der Waals surface area (Å²) in [5, 5.41) is 7.82. The fraction of sp³-hybridized carbons (Fsp3) is 0.857. The van der Waals surface area contributed by atoms with Crippen LogP contribution in [-0.4, -0.2) is 44.3 Å². The summed E-state index contributed by atoms with van der Waals surface area (Å²) < 4.78 is 5.76. The molecule has 0 spiro atoms. The molecule has 1 rings (SSSR count). The van der Waals surface area contributed by atoms with Gasteiger partial charge in [0.05, 0.1) is 12.6 Å². The number of nitrogens with one attached hydrogen (secondary N) is 3. The molecule has 0 aromatic rings. The highest BCUT2D eigenvalue weighted by Gasteiger charge is 2.13. The Kier molecular flexibility index (Phi) is 8.78. The van der Waals surface area contributed by atoms with E-state index in [-0.39, 0.29) is 18.5 Å². The number of carbonyl (C=O) groups excluding carboxylic acids is 2. The molecule has 0 heterocycles. The minimum absolute atomic E-state index is 0.0122. The SMILES string of the molecule is CCNC(=O)CNC(=O)NCCCOC1CCCCC1. The highest BCUT2D eigenvalue weighted by molar-refractivity contribution is 5.83. The van der Waals surface area contributed by atoms with Gasteiger partial charge in [0.25, 0.3) is 0 Å². The van der Waals surface area contributed by atoms with Crippen LogP contribution in [0, 0.1) is 0 Å². The summed E-state index contributed by atoms with van der Waals surface area (Å²) in [5.41, 5.74) is 0. The first-order valence-corrected chi connectivity index (χ1v) is 7.62. The molecule has 0 aromatic carbocycles.